The molecule has 3 rings (SSSR count). The number of aromatic nitrogens is 4. The quantitative estimate of drug-likeness (QED) is 0.894. The smallest absolute Gasteiger partial charge is 0.247 e. The number of aryl methyl sites for hydroxylation is 1. The number of benzene rings is 1. The van der Waals surface area contributed by atoms with Crippen molar-refractivity contribution >= 4 is 5.95 Å². The van der Waals surface area contributed by atoms with Crippen LogP contribution in [0, 0.1) is 6.92 Å². The average Bonchev–Trinajstić information content (AvgIpc) is 2.94. The number of rotatable bonds is 4. The SMILES string of the molecule is Cc1ccc(-n2nnnc2NCC2CN(C)CCO2)cc1. The molecule has 1 fully saturated rings. The first kappa shape index (κ1) is 14.0. The summed E-state index contributed by atoms with van der Waals surface area (Å²) in [5, 5.41) is 15.1. The molecule has 1 atom stereocenters. The first-order valence-electron chi connectivity index (χ1n) is 7.12. The molecule has 2 aromatic rings. The molecule has 1 aliphatic heterocycles. The highest BCUT2D eigenvalue weighted by Gasteiger charge is 2.18. The maximum Gasteiger partial charge on any atom is 0.247 e. The monoisotopic (exact) mass is 288 g/mol. The molecule has 1 unspecified atom stereocenters. The van der Waals surface area contributed by atoms with Crippen LogP contribution in [0.5, 0.6) is 0 Å². The van der Waals surface area contributed by atoms with Crippen LogP contribution >= 0.6 is 0 Å². The molecule has 2 heterocycles. The summed E-state index contributed by atoms with van der Waals surface area (Å²) in [7, 11) is 2.10. The van der Waals surface area contributed by atoms with Crippen molar-refractivity contribution in [1.29, 1.82) is 0 Å². The number of likely N-dealkylation sites (N-methyl/N-ethyl adjacent to an activating group) is 1. The highest BCUT2D eigenvalue weighted by molar-refractivity contribution is 5.39. The third kappa shape index (κ3) is 3.37. The molecule has 112 valence electrons. The van der Waals surface area contributed by atoms with Crippen molar-refractivity contribution in [2.75, 3.05) is 38.6 Å². The zero-order valence-corrected chi connectivity index (χ0v) is 12.4. The Morgan fingerprint density at radius 3 is 2.90 bits per heavy atom. The summed E-state index contributed by atoms with van der Waals surface area (Å²) < 4.78 is 7.43. The zero-order valence-electron chi connectivity index (χ0n) is 12.4. The van der Waals surface area contributed by atoms with Crippen molar-refractivity contribution in [2.24, 2.45) is 0 Å². The van der Waals surface area contributed by atoms with Gasteiger partial charge in [0, 0.05) is 19.6 Å². The molecule has 1 aromatic carbocycles. The van der Waals surface area contributed by atoms with Crippen LogP contribution in [-0.2, 0) is 4.74 Å². The van der Waals surface area contributed by atoms with Gasteiger partial charge in [-0.2, -0.15) is 4.68 Å². The Hall–Kier alpha value is -1.99. The molecule has 1 aliphatic rings. The first-order chi connectivity index (χ1) is 10.2. The number of anilines is 1. The van der Waals surface area contributed by atoms with Gasteiger partial charge in [0.05, 0.1) is 18.4 Å². The second kappa shape index (κ2) is 6.19. The van der Waals surface area contributed by atoms with E-state index in [4.69, 9.17) is 4.74 Å². The zero-order chi connectivity index (χ0) is 14.7. The van der Waals surface area contributed by atoms with Crippen molar-refractivity contribution in [3.63, 3.8) is 0 Å². The Labute approximate surface area is 123 Å². The van der Waals surface area contributed by atoms with E-state index in [0.717, 1.165) is 25.4 Å². The van der Waals surface area contributed by atoms with Gasteiger partial charge in [-0.3, -0.25) is 0 Å². The van der Waals surface area contributed by atoms with E-state index in [1.54, 1.807) is 4.68 Å². The summed E-state index contributed by atoms with van der Waals surface area (Å²) in [4.78, 5) is 2.26. The van der Waals surface area contributed by atoms with Crippen molar-refractivity contribution in [3.05, 3.63) is 29.8 Å². The lowest BCUT2D eigenvalue weighted by Crippen LogP contribution is -2.43. The van der Waals surface area contributed by atoms with Gasteiger partial charge in [0.25, 0.3) is 0 Å². The van der Waals surface area contributed by atoms with Crippen LogP contribution in [0.15, 0.2) is 24.3 Å². The maximum absolute atomic E-state index is 5.73. The van der Waals surface area contributed by atoms with Crippen LogP contribution in [0.2, 0.25) is 0 Å². The lowest BCUT2D eigenvalue weighted by molar-refractivity contribution is -0.0118. The van der Waals surface area contributed by atoms with E-state index >= 15 is 0 Å². The number of ether oxygens (including phenoxy) is 1. The van der Waals surface area contributed by atoms with E-state index in [1.165, 1.54) is 5.56 Å². The molecule has 0 spiro atoms. The minimum atomic E-state index is 0.159. The number of hydrogen-bond acceptors (Lipinski definition) is 6. The average molecular weight is 288 g/mol. The van der Waals surface area contributed by atoms with E-state index in [9.17, 15) is 0 Å². The fraction of sp³-hybridized carbons (Fsp3) is 0.500. The number of tetrazole rings is 1. The lowest BCUT2D eigenvalue weighted by atomic mass is 10.2. The summed E-state index contributed by atoms with van der Waals surface area (Å²) in [5.41, 5.74) is 2.15. The molecular weight excluding hydrogens is 268 g/mol. The summed E-state index contributed by atoms with van der Waals surface area (Å²) >= 11 is 0. The minimum absolute atomic E-state index is 0.159. The molecule has 1 saturated heterocycles. The predicted octanol–water partition coefficient (Wildman–Crippen LogP) is 0.713. The second-order valence-corrected chi connectivity index (χ2v) is 5.39. The molecule has 1 aromatic heterocycles. The highest BCUT2D eigenvalue weighted by Crippen LogP contribution is 2.13. The van der Waals surface area contributed by atoms with Gasteiger partial charge in [0.15, 0.2) is 0 Å². The number of nitrogens with one attached hydrogen (secondary N) is 1. The largest absolute Gasteiger partial charge is 0.374 e. The van der Waals surface area contributed by atoms with E-state index in [1.807, 2.05) is 24.3 Å². The van der Waals surface area contributed by atoms with Gasteiger partial charge in [0.1, 0.15) is 0 Å². The first-order valence-corrected chi connectivity index (χ1v) is 7.12. The van der Waals surface area contributed by atoms with Gasteiger partial charge < -0.3 is 15.0 Å². The highest BCUT2D eigenvalue weighted by atomic mass is 16.5. The molecule has 0 aliphatic carbocycles. The molecule has 21 heavy (non-hydrogen) atoms. The van der Waals surface area contributed by atoms with Crippen LogP contribution in [0.3, 0.4) is 0 Å². The van der Waals surface area contributed by atoms with Gasteiger partial charge in [-0.1, -0.05) is 22.8 Å². The van der Waals surface area contributed by atoms with Crippen LogP contribution < -0.4 is 5.32 Å². The third-order valence-electron chi connectivity index (χ3n) is 3.58. The second-order valence-electron chi connectivity index (χ2n) is 5.39. The fourth-order valence-electron chi connectivity index (χ4n) is 2.35. The summed E-state index contributed by atoms with van der Waals surface area (Å²) in [6.07, 6.45) is 0.159. The van der Waals surface area contributed by atoms with Gasteiger partial charge in [-0.05, 0) is 36.5 Å². The molecule has 0 saturated carbocycles. The van der Waals surface area contributed by atoms with Crippen LogP contribution in [0.25, 0.3) is 5.69 Å². The summed E-state index contributed by atoms with van der Waals surface area (Å²) in [5.74, 6) is 0.635. The molecule has 0 amide bonds. The third-order valence-corrected chi connectivity index (χ3v) is 3.58. The van der Waals surface area contributed by atoms with Crippen molar-refractivity contribution in [3.8, 4) is 5.69 Å². The van der Waals surface area contributed by atoms with Gasteiger partial charge >= 0.3 is 0 Å². The van der Waals surface area contributed by atoms with Crippen LogP contribution in [-0.4, -0.2) is 64.5 Å². The molecule has 0 bridgehead atoms. The molecular formula is C14H20N6O. The van der Waals surface area contributed by atoms with Crippen molar-refractivity contribution < 1.29 is 4.74 Å². The van der Waals surface area contributed by atoms with Gasteiger partial charge in [-0.15, -0.1) is 0 Å². The van der Waals surface area contributed by atoms with Gasteiger partial charge in [0.2, 0.25) is 5.95 Å². The molecule has 0 radical (unpaired) electrons. The normalized spacial score (nSPS) is 19.6. The Morgan fingerprint density at radius 2 is 2.14 bits per heavy atom. The van der Waals surface area contributed by atoms with E-state index in [0.29, 0.717) is 12.5 Å². The standard InChI is InChI=1S/C14H20N6O/c1-11-3-5-12(6-4-11)20-14(16-17-18-20)15-9-13-10-19(2)7-8-21-13/h3-6,13H,7-10H2,1-2H3,(H,15,16,18). The minimum Gasteiger partial charge on any atom is -0.374 e. The van der Waals surface area contributed by atoms with Crippen LogP contribution in [0.1, 0.15) is 5.56 Å². The number of morpholine rings is 1. The lowest BCUT2D eigenvalue weighted by Gasteiger charge is -2.30. The fourth-order valence-corrected chi connectivity index (χ4v) is 2.35. The molecule has 1 N–H and O–H groups in total. The van der Waals surface area contributed by atoms with Crippen LogP contribution in [0.4, 0.5) is 5.95 Å². The number of nitrogens with zero attached hydrogens (tertiary/aromatic N) is 5. The van der Waals surface area contributed by atoms with Crippen molar-refractivity contribution in [1.82, 2.24) is 25.1 Å². The Bertz CT molecular complexity index is 581. The van der Waals surface area contributed by atoms with Crippen molar-refractivity contribution in [2.45, 2.75) is 13.0 Å². The Morgan fingerprint density at radius 1 is 1.33 bits per heavy atom. The number of hydrogen-bond donors (Lipinski definition) is 1. The summed E-state index contributed by atoms with van der Waals surface area (Å²) in [6.45, 7) is 5.42. The van der Waals surface area contributed by atoms with Gasteiger partial charge in [-0.25, -0.2) is 0 Å². The summed E-state index contributed by atoms with van der Waals surface area (Å²) in [6, 6.07) is 8.09. The Balaban J connectivity index is 1.66. The topological polar surface area (TPSA) is 68.1 Å². The maximum atomic E-state index is 5.73. The molecule has 7 heteroatoms. The Kier molecular flexibility index (Phi) is 4.12. The predicted molar refractivity (Wildman–Crippen MR) is 79.6 cm³/mol. The molecule has 7 nitrogen and oxygen atoms in total. The van der Waals surface area contributed by atoms with E-state index in [-0.39, 0.29) is 6.10 Å². The van der Waals surface area contributed by atoms with E-state index < -0.39 is 0 Å². The van der Waals surface area contributed by atoms with E-state index in [2.05, 4.69) is 39.7 Å².